The topological polar surface area (TPSA) is 120 Å². The number of aliphatic hydroxyl groups is 2. The van der Waals surface area contributed by atoms with Crippen molar-refractivity contribution < 1.29 is 58.8 Å². The van der Waals surface area contributed by atoms with Crippen molar-refractivity contribution >= 4 is 10.0 Å². The molecule has 0 aromatic heterocycles. The van der Waals surface area contributed by atoms with E-state index in [0.717, 1.165) is 6.07 Å². The fourth-order valence-corrected chi connectivity index (χ4v) is 5.29. The average molecular weight is 558 g/mol. The van der Waals surface area contributed by atoms with Gasteiger partial charge in [0.25, 0.3) is 0 Å². The Morgan fingerprint density at radius 3 is 2.35 bits per heavy atom. The Labute approximate surface area is 205 Å². The zero-order valence-electron chi connectivity index (χ0n) is 18.3. The lowest BCUT2D eigenvalue weighted by Crippen LogP contribution is -2.44. The maximum atomic E-state index is 13.9. The molecule has 2 atom stereocenters. The van der Waals surface area contributed by atoms with Gasteiger partial charge >= 0.3 is 12.5 Å². The normalized spacial score (nSPS) is 21.0. The van der Waals surface area contributed by atoms with Gasteiger partial charge < -0.3 is 19.7 Å². The number of β-amino-alcohol motifs (C(OH)–C–C–N with tert-alkyl or cyclic N) is 1. The Bertz CT molecular complexity index is 1310. The van der Waals surface area contributed by atoms with Gasteiger partial charge in [0.2, 0.25) is 10.0 Å². The van der Waals surface area contributed by atoms with E-state index in [2.05, 4.69) is 4.74 Å². The molecule has 1 fully saturated rings. The van der Waals surface area contributed by atoms with Gasteiger partial charge in [-0.1, -0.05) is 0 Å². The minimum Gasteiger partial charge on any atom is -0.493 e. The first-order chi connectivity index (χ1) is 17.0. The minimum atomic E-state index is -5.14. The van der Waals surface area contributed by atoms with E-state index in [4.69, 9.17) is 4.74 Å². The summed E-state index contributed by atoms with van der Waals surface area (Å²) in [5.41, 5.74) is -4.15. The molecular weight excluding hydrogens is 541 g/mol. The highest BCUT2D eigenvalue weighted by atomic mass is 32.2. The molecule has 202 valence electrons. The predicted molar refractivity (Wildman–Crippen MR) is 109 cm³/mol. The van der Waals surface area contributed by atoms with Crippen LogP contribution in [0.3, 0.4) is 0 Å². The molecule has 0 aliphatic carbocycles. The molecule has 2 aromatic carbocycles. The summed E-state index contributed by atoms with van der Waals surface area (Å²) in [6.45, 7) is -2.76. The maximum Gasteiger partial charge on any atom is 0.573 e. The summed E-state index contributed by atoms with van der Waals surface area (Å²) in [5.74, 6) is -4.02. The zero-order valence-corrected chi connectivity index (χ0v) is 19.2. The van der Waals surface area contributed by atoms with Crippen LogP contribution in [0.5, 0.6) is 11.5 Å². The van der Waals surface area contributed by atoms with Gasteiger partial charge in [0.1, 0.15) is 17.4 Å². The summed E-state index contributed by atoms with van der Waals surface area (Å²) in [4.78, 5) is -0.757. The van der Waals surface area contributed by atoms with Gasteiger partial charge in [-0.15, -0.1) is 13.2 Å². The standard InChI is InChI=1S/C21H17F7N2O6S/c22-16-6-15(2-3-17(16)36-21(26,27)28)35-9-14-8-30(10-19(14,32)11-31)37(33,34)18-4-1-13(20(23,24)25)5-12(18)7-29/h1-6,14,31-32H,8-11H2/t14-,19-/m1/s1. The van der Waals surface area contributed by atoms with Gasteiger partial charge in [0.15, 0.2) is 11.6 Å². The van der Waals surface area contributed by atoms with Crippen LogP contribution >= 0.6 is 0 Å². The Hall–Kier alpha value is -3.13. The van der Waals surface area contributed by atoms with Gasteiger partial charge in [-0.25, -0.2) is 12.8 Å². The second-order valence-electron chi connectivity index (χ2n) is 8.03. The van der Waals surface area contributed by atoms with Crippen molar-refractivity contribution in [2.24, 2.45) is 5.92 Å². The van der Waals surface area contributed by atoms with Gasteiger partial charge in [-0.3, -0.25) is 0 Å². The van der Waals surface area contributed by atoms with Crippen molar-refractivity contribution in [1.82, 2.24) is 4.31 Å². The quantitative estimate of drug-likeness (QED) is 0.502. The molecule has 1 aliphatic heterocycles. The van der Waals surface area contributed by atoms with Crippen molar-refractivity contribution in [3.05, 3.63) is 53.3 Å². The van der Waals surface area contributed by atoms with E-state index >= 15 is 0 Å². The molecule has 0 unspecified atom stereocenters. The predicted octanol–water partition coefficient (Wildman–Crippen LogP) is 3.04. The fourth-order valence-electron chi connectivity index (χ4n) is 3.62. The molecule has 8 nitrogen and oxygen atoms in total. The maximum absolute atomic E-state index is 13.9. The number of alkyl halides is 6. The van der Waals surface area contributed by atoms with Crippen LogP contribution < -0.4 is 9.47 Å². The van der Waals surface area contributed by atoms with E-state index in [1.54, 1.807) is 0 Å². The summed E-state index contributed by atoms with van der Waals surface area (Å²) in [6, 6.07) is 4.96. The second-order valence-corrected chi connectivity index (χ2v) is 9.93. The SMILES string of the molecule is N#Cc1cc(C(F)(F)F)ccc1S(=O)(=O)N1C[C@H](COc2ccc(OC(F)(F)F)c(F)c2)[C@](O)(CO)C1. The lowest BCUT2D eigenvalue weighted by molar-refractivity contribution is -0.275. The molecule has 0 spiro atoms. The van der Waals surface area contributed by atoms with E-state index in [-0.39, 0.29) is 5.75 Å². The molecule has 1 heterocycles. The third-order valence-corrected chi connectivity index (χ3v) is 7.40. The van der Waals surface area contributed by atoms with Crippen molar-refractivity contribution in [3.8, 4) is 17.6 Å². The third kappa shape index (κ3) is 6.24. The molecule has 37 heavy (non-hydrogen) atoms. The number of ether oxygens (including phenoxy) is 2. The van der Waals surface area contributed by atoms with E-state index < -0.39 is 88.0 Å². The summed E-state index contributed by atoms with van der Waals surface area (Å²) in [7, 11) is -4.64. The van der Waals surface area contributed by atoms with Crippen LogP contribution in [0, 0.1) is 23.1 Å². The molecule has 3 rings (SSSR count). The van der Waals surface area contributed by atoms with E-state index in [1.165, 1.54) is 6.07 Å². The van der Waals surface area contributed by atoms with Crippen LogP contribution in [0.15, 0.2) is 41.3 Å². The van der Waals surface area contributed by atoms with Crippen LogP contribution in [-0.2, 0) is 16.2 Å². The number of rotatable bonds is 7. The van der Waals surface area contributed by atoms with Gasteiger partial charge in [0, 0.05) is 25.1 Å². The number of hydrogen-bond donors (Lipinski definition) is 2. The number of sulfonamides is 1. The lowest BCUT2D eigenvalue weighted by atomic mass is 9.92. The van der Waals surface area contributed by atoms with Crippen LogP contribution in [0.4, 0.5) is 30.7 Å². The molecular formula is C21H17F7N2O6S. The molecule has 0 bridgehead atoms. The molecule has 2 aromatic rings. The number of aliphatic hydroxyl groups excluding tert-OH is 1. The first kappa shape index (κ1) is 28.4. The Balaban J connectivity index is 1.81. The molecule has 0 saturated carbocycles. The Kier molecular flexibility index (Phi) is 7.66. The summed E-state index contributed by atoms with van der Waals surface area (Å²) in [6.07, 6.45) is -9.98. The highest BCUT2D eigenvalue weighted by Gasteiger charge is 2.50. The van der Waals surface area contributed by atoms with Crippen molar-refractivity contribution in [1.29, 1.82) is 5.26 Å². The van der Waals surface area contributed by atoms with E-state index in [1.807, 2.05) is 0 Å². The van der Waals surface area contributed by atoms with E-state index in [9.17, 15) is 54.6 Å². The van der Waals surface area contributed by atoms with Gasteiger partial charge in [-0.2, -0.15) is 22.7 Å². The zero-order chi connectivity index (χ0) is 27.8. The van der Waals surface area contributed by atoms with Gasteiger partial charge in [-0.05, 0) is 30.3 Å². The highest BCUT2D eigenvalue weighted by molar-refractivity contribution is 7.89. The van der Waals surface area contributed by atoms with E-state index in [0.29, 0.717) is 34.6 Å². The molecule has 1 aliphatic rings. The summed E-state index contributed by atoms with van der Waals surface area (Å²) >= 11 is 0. The van der Waals surface area contributed by atoms with Crippen molar-refractivity contribution in [2.75, 3.05) is 26.3 Å². The number of hydrogen-bond acceptors (Lipinski definition) is 7. The van der Waals surface area contributed by atoms with Crippen LogP contribution in [-0.4, -0.2) is 61.2 Å². The Morgan fingerprint density at radius 1 is 1.14 bits per heavy atom. The number of halogens is 7. The monoisotopic (exact) mass is 558 g/mol. The second kappa shape index (κ2) is 9.97. The van der Waals surface area contributed by atoms with Crippen molar-refractivity contribution in [2.45, 2.75) is 23.0 Å². The van der Waals surface area contributed by atoms with Crippen molar-refractivity contribution in [3.63, 3.8) is 0 Å². The number of nitriles is 1. The van der Waals surface area contributed by atoms with Gasteiger partial charge in [0.05, 0.1) is 29.2 Å². The fraction of sp³-hybridized carbons (Fsp3) is 0.381. The third-order valence-electron chi connectivity index (χ3n) is 5.53. The smallest absolute Gasteiger partial charge is 0.493 e. The number of benzene rings is 2. The first-order valence-electron chi connectivity index (χ1n) is 10.1. The first-order valence-corrected chi connectivity index (χ1v) is 11.6. The molecule has 1 saturated heterocycles. The highest BCUT2D eigenvalue weighted by Crippen LogP contribution is 2.36. The molecule has 0 amide bonds. The van der Waals surface area contributed by atoms with Crippen LogP contribution in [0.1, 0.15) is 11.1 Å². The molecule has 16 heteroatoms. The summed E-state index contributed by atoms with van der Waals surface area (Å²) in [5, 5.41) is 29.6. The van der Waals surface area contributed by atoms with Crippen LogP contribution in [0.2, 0.25) is 0 Å². The van der Waals surface area contributed by atoms with Crippen LogP contribution in [0.25, 0.3) is 0 Å². The Morgan fingerprint density at radius 2 is 1.81 bits per heavy atom. The molecule has 2 N–H and O–H groups in total. The average Bonchev–Trinajstić information content (AvgIpc) is 3.15. The lowest BCUT2D eigenvalue weighted by Gasteiger charge is -2.26. The largest absolute Gasteiger partial charge is 0.573 e. The number of nitrogens with zero attached hydrogens (tertiary/aromatic N) is 2. The summed E-state index contributed by atoms with van der Waals surface area (Å²) < 4.78 is 125. The molecule has 0 radical (unpaired) electrons. The minimum absolute atomic E-state index is 0.303.